The fourth-order valence-corrected chi connectivity index (χ4v) is 7.41. The summed E-state index contributed by atoms with van der Waals surface area (Å²) in [5.74, 6) is -0.885. The molecule has 0 radical (unpaired) electrons. The Bertz CT molecular complexity index is 2040. The molecule has 1 saturated heterocycles. The van der Waals surface area contributed by atoms with Crippen LogP contribution in [0.25, 0.3) is 16.5 Å². The van der Waals surface area contributed by atoms with E-state index in [9.17, 15) is 19.1 Å². The number of rotatable bonds is 11. The van der Waals surface area contributed by atoms with Crippen molar-refractivity contribution < 1.29 is 28.6 Å². The van der Waals surface area contributed by atoms with Gasteiger partial charge in [0.25, 0.3) is 5.78 Å². The lowest BCUT2D eigenvalue weighted by Gasteiger charge is -2.23. The third kappa shape index (κ3) is 6.65. The van der Waals surface area contributed by atoms with E-state index in [4.69, 9.17) is 9.47 Å². The molecule has 1 atom stereocenters. The van der Waals surface area contributed by atoms with Crippen molar-refractivity contribution in [3.8, 4) is 11.5 Å². The van der Waals surface area contributed by atoms with Crippen molar-refractivity contribution >= 4 is 56.5 Å². The number of aromatic nitrogens is 2. The number of aliphatic hydroxyl groups is 1. The van der Waals surface area contributed by atoms with E-state index in [-0.39, 0.29) is 16.3 Å². The molecule has 2 heterocycles. The van der Waals surface area contributed by atoms with Crippen LogP contribution in [-0.2, 0) is 15.3 Å². The molecule has 0 spiro atoms. The standard InChI is InChI=1S/C37H34FN3O5S2/c1-21(2)16-17-46-29-15-14-24(19-30(29)45-4)32-31(33(42)25-13-12-22(3)28(38)18-25)34(43)35(44)41(32)36-39-40-37(48-36)47-20-26-10-7-9-23-8-5-6-11-27(23)26/h5-15,18-19,21,32,42H,16-17,20H2,1-4H3/t32-/m0/s1. The van der Waals surface area contributed by atoms with Gasteiger partial charge in [0.1, 0.15) is 11.6 Å². The molecule has 1 aliphatic heterocycles. The molecule has 6 rings (SSSR count). The number of thioether (sulfide) groups is 1. The van der Waals surface area contributed by atoms with Crippen molar-refractivity contribution in [2.24, 2.45) is 5.92 Å². The molecule has 246 valence electrons. The number of hydrogen-bond acceptors (Lipinski definition) is 9. The maximum absolute atomic E-state index is 14.6. The van der Waals surface area contributed by atoms with Crippen LogP contribution in [0.3, 0.4) is 0 Å². The van der Waals surface area contributed by atoms with Gasteiger partial charge in [0, 0.05) is 11.3 Å². The Hall–Kier alpha value is -4.74. The zero-order valence-corrected chi connectivity index (χ0v) is 28.5. The molecular formula is C37H34FN3O5S2. The molecule has 1 aliphatic rings. The number of anilines is 1. The van der Waals surface area contributed by atoms with E-state index in [2.05, 4.69) is 48.3 Å². The van der Waals surface area contributed by atoms with Crippen molar-refractivity contribution in [3.05, 3.63) is 113 Å². The van der Waals surface area contributed by atoms with E-state index in [1.165, 1.54) is 47.2 Å². The number of Topliss-reactive ketones (excluding diaryl/α,β-unsaturated/α-hetero) is 1. The maximum Gasteiger partial charge on any atom is 0.301 e. The summed E-state index contributed by atoms with van der Waals surface area (Å²) in [6.07, 6.45) is 0.843. The minimum Gasteiger partial charge on any atom is -0.507 e. The molecule has 1 fully saturated rings. The quantitative estimate of drug-likeness (QED) is 0.0486. The van der Waals surface area contributed by atoms with E-state index >= 15 is 0 Å². The van der Waals surface area contributed by atoms with Gasteiger partial charge < -0.3 is 14.6 Å². The van der Waals surface area contributed by atoms with Crippen molar-refractivity contribution in [3.63, 3.8) is 0 Å². The third-order valence-corrected chi connectivity index (χ3v) is 10.3. The van der Waals surface area contributed by atoms with Gasteiger partial charge in [-0.2, -0.15) is 0 Å². The summed E-state index contributed by atoms with van der Waals surface area (Å²) in [6.45, 7) is 6.29. The number of methoxy groups -OCH3 is 1. The average Bonchev–Trinajstić information content (AvgIpc) is 3.66. The molecule has 5 aromatic rings. The number of benzene rings is 4. The summed E-state index contributed by atoms with van der Waals surface area (Å²) in [7, 11) is 1.50. The summed E-state index contributed by atoms with van der Waals surface area (Å²) in [5, 5.41) is 22.6. The van der Waals surface area contributed by atoms with Gasteiger partial charge in [-0.3, -0.25) is 14.5 Å². The highest BCUT2D eigenvalue weighted by molar-refractivity contribution is 8.00. The minimum absolute atomic E-state index is 0.0744. The zero-order chi connectivity index (χ0) is 33.9. The molecule has 48 heavy (non-hydrogen) atoms. The van der Waals surface area contributed by atoms with E-state index in [0.717, 1.165) is 28.8 Å². The lowest BCUT2D eigenvalue weighted by atomic mass is 9.94. The fraction of sp³-hybridized carbons (Fsp3) is 0.243. The van der Waals surface area contributed by atoms with Crippen LogP contribution in [0.5, 0.6) is 11.5 Å². The van der Waals surface area contributed by atoms with Crippen LogP contribution in [0.15, 0.2) is 88.8 Å². The molecule has 8 nitrogen and oxygen atoms in total. The van der Waals surface area contributed by atoms with Gasteiger partial charge in [0.2, 0.25) is 5.13 Å². The summed E-state index contributed by atoms with van der Waals surface area (Å²) in [6, 6.07) is 22.4. The summed E-state index contributed by atoms with van der Waals surface area (Å²) >= 11 is 2.65. The Morgan fingerprint density at radius 1 is 1.02 bits per heavy atom. The number of amides is 1. The number of hydrogen-bond donors (Lipinski definition) is 1. The molecule has 0 unspecified atom stereocenters. The first kappa shape index (κ1) is 33.2. The Morgan fingerprint density at radius 2 is 1.81 bits per heavy atom. The number of carbonyl (C=O) groups excluding carboxylic acids is 2. The van der Waals surface area contributed by atoms with Crippen LogP contribution in [0.2, 0.25) is 0 Å². The van der Waals surface area contributed by atoms with Crippen LogP contribution in [0.1, 0.15) is 48.6 Å². The molecular weight excluding hydrogens is 650 g/mol. The topological polar surface area (TPSA) is 102 Å². The SMILES string of the molecule is COc1cc([C@H]2C(=C(O)c3ccc(C)c(F)c3)C(=O)C(=O)N2c2nnc(SCc3cccc4ccccc34)s2)ccc1OCCC(C)C. The molecule has 1 N–H and O–H groups in total. The number of aliphatic hydroxyl groups excluding tert-OH is 1. The number of ketones is 1. The van der Waals surface area contributed by atoms with Crippen molar-refractivity contribution in [1.82, 2.24) is 10.2 Å². The van der Waals surface area contributed by atoms with Gasteiger partial charge >= 0.3 is 5.91 Å². The van der Waals surface area contributed by atoms with Gasteiger partial charge in [-0.15, -0.1) is 10.2 Å². The van der Waals surface area contributed by atoms with Crippen LogP contribution >= 0.6 is 23.1 Å². The number of halogens is 1. The van der Waals surface area contributed by atoms with Crippen LogP contribution in [0, 0.1) is 18.7 Å². The predicted molar refractivity (Wildman–Crippen MR) is 187 cm³/mol. The molecule has 4 aromatic carbocycles. The normalized spacial score (nSPS) is 15.9. The molecule has 1 amide bonds. The second-order valence-corrected chi connectivity index (χ2v) is 14.0. The lowest BCUT2D eigenvalue weighted by molar-refractivity contribution is -0.132. The highest BCUT2D eigenvalue weighted by Gasteiger charge is 2.48. The van der Waals surface area contributed by atoms with Gasteiger partial charge in [0.15, 0.2) is 15.8 Å². The minimum atomic E-state index is -1.10. The lowest BCUT2D eigenvalue weighted by Crippen LogP contribution is -2.29. The predicted octanol–water partition coefficient (Wildman–Crippen LogP) is 8.49. The Balaban J connectivity index is 1.39. The van der Waals surface area contributed by atoms with E-state index in [0.29, 0.717) is 45.2 Å². The zero-order valence-electron chi connectivity index (χ0n) is 26.9. The average molecular weight is 684 g/mol. The van der Waals surface area contributed by atoms with E-state index < -0.39 is 29.3 Å². The van der Waals surface area contributed by atoms with E-state index in [1.54, 1.807) is 25.1 Å². The maximum atomic E-state index is 14.6. The first-order valence-electron chi connectivity index (χ1n) is 15.5. The van der Waals surface area contributed by atoms with Crippen LogP contribution < -0.4 is 14.4 Å². The van der Waals surface area contributed by atoms with Gasteiger partial charge in [-0.1, -0.05) is 97.6 Å². The van der Waals surface area contributed by atoms with Gasteiger partial charge in [-0.25, -0.2) is 4.39 Å². The fourth-order valence-electron chi connectivity index (χ4n) is 5.54. The number of aryl methyl sites for hydroxylation is 1. The number of carbonyl (C=O) groups is 2. The van der Waals surface area contributed by atoms with Crippen molar-refractivity contribution in [1.29, 1.82) is 0 Å². The highest BCUT2D eigenvalue weighted by Crippen LogP contribution is 2.46. The molecule has 0 bridgehead atoms. The first-order chi connectivity index (χ1) is 23.2. The second kappa shape index (κ2) is 14.2. The van der Waals surface area contributed by atoms with E-state index in [1.807, 2.05) is 18.2 Å². The molecule has 0 saturated carbocycles. The summed E-state index contributed by atoms with van der Waals surface area (Å²) in [5.41, 5.74) is 1.85. The van der Waals surface area contributed by atoms with Crippen LogP contribution in [0.4, 0.5) is 9.52 Å². The number of nitrogens with zero attached hydrogens (tertiary/aromatic N) is 3. The van der Waals surface area contributed by atoms with Crippen molar-refractivity contribution in [2.75, 3.05) is 18.6 Å². The summed E-state index contributed by atoms with van der Waals surface area (Å²) in [4.78, 5) is 28.7. The number of ether oxygens (including phenoxy) is 2. The Kier molecular flexibility index (Phi) is 9.79. The van der Waals surface area contributed by atoms with Gasteiger partial charge in [0.05, 0.1) is 25.3 Å². The first-order valence-corrected chi connectivity index (χ1v) is 17.3. The van der Waals surface area contributed by atoms with Crippen LogP contribution in [-0.4, -0.2) is 40.7 Å². The number of fused-ring (bicyclic) bond motifs is 1. The summed E-state index contributed by atoms with van der Waals surface area (Å²) < 4.78 is 26.8. The van der Waals surface area contributed by atoms with Crippen molar-refractivity contribution in [2.45, 2.75) is 43.3 Å². The monoisotopic (exact) mass is 683 g/mol. The highest BCUT2D eigenvalue weighted by atomic mass is 32.2. The third-order valence-electron chi connectivity index (χ3n) is 8.18. The Morgan fingerprint density at radius 3 is 2.58 bits per heavy atom. The Labute approximate surface area is 286 Å². The molecule has 11 heteroatoms. The second-order valence-electron chi connectivity index (χ2n) is 11.9. The smallest absolute Gasteiger partial charge is 0.301 e. The molecule has 0 aliphatic carbocycles. The molecule has 1 aromatic heterocycles. The largest absolute Gasteiger partial charge is 0.507 e. The van der Waals surface area contributed by atoms with Gasteiger partial charge in [-0.05, 0) is 64.9 Å².